The van der Waals surface area contributed by atoms with Crippen LogP contribution in [-0.2, 0) is 58.0 Å². The van der Waals surface area contributed by atoms with Crippen LogP contribution in [0.5, 0.6) is 28.7 Å². The monoisotopic (exact) mass is 1390 g/mol. The number of halogens is 2. The van der Waals surface area contributed by atoms with Gasteiger partial charge in [-0.2, -0.15) is 0 Å². The molecule has 25 heteroatoms. The van der Waals surface area contributed by atoms with Gasteiger partial charge in [0.05, 0.1) is 69.4 Å². The number of thioether (sulfide) groups is 1. The topological polar surface area (TPSA) is 238 Å². The Morgan fingerprint density at radius 1 is 0.753 bits per heavy atom. The van der Waals surface area contributed by atoms with Crippen molar-refractivity contribution in [1.82, 2.24) is 15.2 Å². The van der Waals surface area contributed by atoms with E-state index in [0.29, 0.717) is 57.5 Å². The number of ketones is 1. The Balaban J connectivity index is 0.0000113. The van der Waals surface area contributed by atoms with Gasteiger partial charge in [-0.15, -0.1) is 23.1 Å². The summed E-state index contributed by atoms with van der Waals surface area (Å²) in [5.74, 6) is -1.06. The highest BCUT2D eigenvalue weighted by molar-refractivity contribution is 8.00. The van der Waals surface area contributed by atoms with Gasteiger partial charge in [-0.05, 0) is 121 Å². The largest absolute Gasteiger partial charge is 1.00 e. The number of carbonyl (C=O) groups excluding carboxylic acids is 6. The van der Waals surface area contributed by atoms with Crippen molar-refractivity contribution in [3.05, 3.63) is 135 Å². The van der Waals surface area contributed by atoms with Crippen molar-refractivity contribution in [3.63, 3.8) is 0 Å². The first kappa shape index (κ1) is 69.3. The molecule has 2 saturated heterocycles. The molecule has 2 N–H and O–H groups in total. The molecule has 5 aromatic rings. The van der Waals surface area contributed by atoms with E-state index in [9.17, 15) is 28.8 Å². The molecule has 89 heavy (non-hydrogen) atoms. The quantitative estimate of drug-likeness (QED) is 0.0103. The standard InChI is InChI=1S/C64H75ClN6O15S2.HI/c1-62(2,3)84-59(76)64(7,8)86-69-52(48-38-88-60(67-48)68-61(77)85-63(4,5)6)49(72)32-47-56(74)70-53(58(75)83-36-41-18-24-45(80-11)25-19-41)42(37-87-57(47)70)33-71(29-12-13-30-71)31-28-66-55(73)46-26-27-50(81-34-39-14-20-43(78-9)21-15-39)54(51(46)65)82-35-40-16-22-44(79-10)23-17-40;/h14-27,38,47,57H,12-13,28-37H2,1-11H3,(H-,66,67,68,73,77);1H/b69-52-;/t47-,57-;/m1./s1. The number of hydrogen-bond donors (Lipinski definition) is 2. The molecule has 3 amide bonds. The molecule has 4 heterocycles. The van der Waals surface area contributed by atoms with Gasteiger partial charge in [0.15, 0.2) is 28.1 Å². The van der Waals surface area contributed by atoms with Gasteiger partial charge in [0.25, 0.3) is 5.91 Å². The number of likely N-dealkylation sites (tertiary alicyclic amines) is 1. The number of β-lactam (4-membered cyclic amide) rings is 1. The Morgan fingerprint density at radius 2 is 1.31 bits per heavy atom. The Kier molecular flexibility index (Phi) is 23.5. The number of thiazole rings is 1. The van der Waals surface area contributed by atoms with Crippen LogP contribution in [0.25, 0.3) is 0 Å². The second-order valence-electron chi connectivity index (χ2n) is 23.9. The Hall–Kier alpha value is -7.13. The lowest BCUT2D eigenvalue weighted by Gasteiger charge is -2.50. The number of ether oxygens (including phenoxy) is 8. The number of carbonyl (C=O) groups is 6. The maximum absolute atomic E-state index is 14.7. The van der Waals surface area contributed by atoms with Crippen LogP contribution in [0.2, 0.25) is 5.02 Å². The third-order valence-corrected chi connectivity index (χ3v) is 17.0. The van der Waals surface area contributed by atoms with Crippen molar-refractivity contribution in [2.24, 2.45) is 11.1 Å². The maximum Gasteiger partial charge on any atom is 0.413 e. The molecule has 0 bridgehead atoms. The normalized spacial score (nSPS) is 16.4. The fraction of sp³-hybridized carbons (Fsp3) is 0.438. The van der Waals surface area contributed by atoms with Gasteiger partial charge in [-0.25, -0.2) is 19.4 Å². The SMILES string of the molecule is COc1ccc(COC(=O)C2=C(C[N+]3(CCNC(=O)c4ccc(OCc5ccc(OC)cc5)c(OCc5ccc(OC)cc5)c4Cl)CCCC3)CS[C@@H]3[C@H](CC(=O)/C(=N\OC(C)(C)C(=O)OC(C)(C)C)c4csc(NC(=O)OC(C)(C)C)n4)C(=O)N23)cc1.[I-]. The van der Waals surface area contributed by atoms with Crippen LogP contribution >= 0.6 is 34.7 Å². The number of Topliss-reactive ketones (excluding diaryl/α,β-unsaturated/α-hetero) is 1. The zero-order chi connectivity index (χ0) is 63.6. The van der Waals surface area contributed by atoms with E-state index in [1.165, 1.54) is 35.9 Å². The van der Waals surface area contributed by atoms with Crippen LogP contribution in [-0.4, -0.2) is 138 Å². The number of methoxy groups -OCH3 is 3. The van der Waals surface area contributed by atoms with E-state index in [2.05, 4.69) is 20.8 Å². The molecule has 3 aliphatic rings. The number of fused-ring (bicyclic) bond motifs is 1. The molecular formula is C64H76ClIN6O15S2. The number of nitrogens with zero attached hydrogens (tertiary/aromatic N) is 4. The molecule has 0 aliphatic carbocycles. The number of nitrogens with one attached hydrogen (secondary N) is 2. The van der Waals surface area contributed by atoms with Crippen molar-refractivity contribution in [1.29, 1.82) is 0 Å². The Labute approximate surface area is 549 Å². The molecule has 2 atom stereocenters. The molecule has 21 nitrogen and oxygen atoms in total. The van der Waals surface area contributed by atoms with E-state index < -0.39 is 63.7 Å². The van der Waals surface area contributed by atoms with E-state index in [-0.39, 0.29) is 95.3 Å². The summed E-state index contributed by atoms with van der Waals surface area (Å²) in [6, 6.07) is 25.2. The summed E-state index contributed by atoms with van der Waals surface area (Å²) >= 11 is 9.50. The van der Waals surface area contributed by atoms with Crippen LogP contribution in [0.15, 0.2) is 107 Å². The van der Waals surface area contributed by atoms with Crippen LogP contribution < -0.4 is 58.3 Å². The van der Waals surface area contributed by atoms with E-state index in [4.69, 9.17) is 54.3 Å². The predicted molar refractivity (Wildman–Crippen MR) is 333 cm³/mol. The van der Waals surface area contributed by atoms with E-state index in [1.807, 2.05) is 48.5 Å². The summed E-state index contributed by atoms with van der Waals surface area (Å²) < 4.78 is 46.0. The summed E-state index contributed by atoms with van der Waals surface area (Å²) in [6.45, 7) is 15.9. The van der Waals surface area contributed by atoms with Gasteiger partial charge >= 0.3 is 18.0 Å². The highest BCUT2D eigenvalue weighted by Gasteiger charge is 2.55. The molecule has 1 aromatic heterocycles. The fourth-order valence-electron chi connectivity index (χ4n) is 9.93. The number of anilines is 1. The zero-order valence-corrected chi connectivity index (χ0v) is 56.3. The van der Waals surface area contributed by atoms with Gasteiger partial charge in [0, 0.05) is 36.0 Å². The average molecular weight is 1400 g/mol. The lowest BCUT2D eigenvalue weighted by atomic mass is 9.89. The summed E-state index contributed by atoms with van der Waals surface area (Å²) in [4.78, 5) is 95.8. The number of rotatable bonds is 26. The third kappa shape index (κ3) is 18.3. The summed E-state index contributed by atoms with van der Waals surface area (Å²) in [6.07, 6.45) is 0.626. The number of esters is 2. The van der Waals surface area contributed by atoms with E-state index in [0.717, 1.165) is 48.4 Å². The van der Waals surface area contributed by atoms with Gasteiger partial charge in [0.2, 0.25) is 11.5 Å². The minimum atomic E-state index is -1.67. The second-order valence-corrected chi connectivity index (χ2v) is 26.2. The number of amides is 3. The molecule has 4 aromatic carbocycles. The molecular weight excluding hydrogens is 1320 g/mol. The molecule has 0 radical (unpaired) electrons. The average Bonchev–Trinajstić information content (AvgIpc) is 0.934. The number of quaternary nitrogens is 1. The zero-order valence-electron chi connectivity index (χ0n) is 51.8. The summed E-state index contributed by atoms with van der Waals surface area (Å²) in [5, 5.41) is 10.8. The Morgan fingerprint density at radius 3 is 1.88 bits per heavy atom. The van der Waals surface area contributed by atoms with Crippen LogP contribution in [0, 0.1) is 5.92 Å². The first-order valence-corrected chi connectivity index (χ1v) is 31.0. The van der Waals surface area contributed by atoms with Crippen molar-refractivity contribution in [3.8, 4) is 28.7 Å². The van der Waals surface area contributed by atoms with Crippen molar-refractivity contribution < 1.29 is 100.0 Å². The van der Waals surface area contributed by atoms with Crippen molar-refractivity contribution >= 4 is 81.2 Å². The van der Waals surface area contributed by atoms with Gasteiger partial charge in [-0.1, -0.05) is 53.2 Å². The number of aromatic nitrogens is 1. The molecule has 0 spiro atoms. The van der Waals surface area contributed by atoms with Gasteiger partial charge < -0.3 is 76.5 Å². The molecule has 2 fully saturated rings. The van der Waals surface area contributed by atoms with E-state index in [1.54, 1.807) is 99.3 Å². The number of oxime groups is 1. The van der Waals surface area contributed by atoms with Crippen LogP contribution in [0.1, 0.15) is 107 Å². The Bertz CT molecular complexity index is 3410. The van der Waals surface area contributed by atoms with Crippen LogP contribution in [0.4, 0.5) is 9.93 Å². The molecule has 478 valence electrons. The molecule has 0 saturated carbocycles. The minimum Gasteiger partial charge on any atom is -1.00 e. The maximum atomic E-state index is 14.7. The summed E-state index contributed by atoms with van der Waals surface area (Å²) in [7, 11) is 4.74. The van der Waals surface area contributed by atoms with E-state index >= 15 is 0 Å². The fourth-order valence-corrected chi connectivity index (χ4v) is 12.3. The lowest BCUT2D eigenvalue weighted by Crippen LogP contribution is -3.00. The molecule has 0 unspecified atom stereocenters. The highest BCUT2D eigenvalue weighted by atomic mass is 127. The minimum absolute atomic E-state index is 0. The van der Waals surface area contributed by atoms with Gasteiger partial charge in [0.1, 0.15) is 66.2 Å². The molecule has 3 aliphatic heterocycles. The number of benzene rings is 4. The lowest BCUT2D eigenvalue weighted by molar-refractivity contribution is -0.911. The van der Waals surface area contributed by atoms with Crippen molar-refractivity contribution in [2.75, 3.05) is 65.1 Å². The predicted octanol–water partition coefficient (Wildman–Crippen LogP) is 7.70. The third-order valence-electron chi connectivity index (χ3n) is 14.5. The first-order valence-electron chi connectivity index (χ1n) is 28.7. The number of hydrogen-bond acceptors (Lipinski definition) is 19. The van der Waals surface area contributed by atoms with Crippen LogP contribution in [0.3, 0.4) is 0 Å². The van der Waals surface area contributed by atoms with Crippen molar-refractivity contribution in [2.45, 2.75) is 117 Å². The van der Waals surface area contributed by atoms with Gasteiger partial charge in [-0.3, -0.25) is 24.6 Å². The molecule has 8 rings (SSSR count). The highest BCUT2D eigenvalue weighted by Crippen LogP contribution is 2.47. The summed E-state index contributed by atoms with van der Waals surface area (Å²) in [5.41, 5.74) is -0.276. The first-order chi connectivity index (χ1) is 41.8. The second kappa shape index (κ2) is 30.1. The smallest absolute Gasteiger partial charge is 0.413 e.